The van der Waals surface area contributed by atoms with Crippen LogP contribution in [-0.4, -0.2) is 61.1 Å². The van der Waals surface area contributed by atoms with Crippen LogP contribution in [0, 0.1) is 11.7 Å². The van der Waals surface area contributed by atoms with Crippen molar-refractivity contribution < 1.29 is 13.9 Å². The van der Waals surface area contributed by atoms with Gasteiger partial charge in [0.2, 0.25) is 5.88 Å². The fourth-order valence-electron chi connectivity index (χ4n) is 4.02. The van der Waals surface area contributed by atoms with E-state index in [1.807, 2.05) is 0 Å². The van der Waals surface area contributed by atoms with Crippen molar-refractivity contribution in [1.29, 1.82) is 0 Å². The average molecular weight is 398 g/mol. The number of rotatable bonds is 4. The molecule has 1 atom stereocenters. The molecule has 11 heteroatoms. The maximum atomic E-state index is 13.4. The van der Waals surface area contributed by atoms with Gasteiger partial charge in [-0.1, -0.05) is 0 Å². The Morgan fingerprint density at radius 2 is 2.10 bits per heavy atom. The van der Waals surface area contributed by atoms with Crippen LogP contribution >= 0.6 is 0 Å². The molecule has 0 radical (unpaired) electrons. The van der Waals surface area contributed by atoms with E-state index in [1.165, 1.54) is 12.5 Å². The normalized spacial score (nSPS) is 23.3. The van der Waals surface area contributed by atoms with Gasteiger partial charge < -0.3 is 15.8 Å². The molecule has 3 aliphatic rings. The average Bonchev–Trinajstić information content (AvgIpc) is 3.05. The predicted octanol–water partition coefficient (Wildman–Crippen LogP) is 0.966. The highest BCUT2D eigenvalue weighted by Crippen LogP contribution is 2.32. The Bertz CT molecular complexity index is 1080. The van der Waals surface area contributed by atoms with Gasteiger partial charge in [0.05, 0.1) is 18.6 Å². The number of nitrogens with zero attached hydrogens (tertiary/aromatic N) is 6. The zero-order valence-electron chi connectivity index (χ0n) is 15.5. The van der Waals surface area contributed by atoms with Crippen molar-refractivity contribution >= 4 is 23.1 Å². The highest BCUT2D eigenvalue weighted by atomic mass is 19.1. The molecule has 6 heterocycles. The van der Waals surface area contributed by atoms with Crippen LogP contribution in [-0.2, 0) is 0 Å². The van der Waals surface area contributed by atoms with Gasteiger partial charge >= 0.3 is 0 Å². The van der Waals surface area contributed by atoms with Gasteiger partial charge in [-0.25, -0.2) is 18.9 Å². The Labute approximate surface area is 164 Å². The SMILES string of the molecule is Nc1nn2cc(F)cnc2c1C(=O)Nc1cncnc1O[C@H]1CN2CCC1CC2. The molecule has 3 aliphatic heterocycles. The summed E-state index contributed by atoms with van der Waals surface area (Å²) >= 11 is 0. The summed E-state index contributed by atoms with van der Waals surface area (Å²) in [6.45, 7) is 3.04. The molecule has 3 aromatic rings. The number of hydrogen-bond donors (Lipinski definition) is 2. The second-order valence-corrected chi connectivity index (χ2v) is 7.29. The summed E-state index contributed by atoms with van der Waals surface area (Å²) < 4.78 is 20.6. The number of nitrogens with one attached hydrogen (secondary N) is 1. The minimum absolute atomic E-state index is 0.0229. The maximum absolute atomic E-state index is 13.4. The van der Waals surface area contributed by atoms with Crippen molar-refractivity contribution in [3.63, 3.8) is 0 Å². The number of nitrogen functional groups attached to an aromatic ring is 1. The van der Waals surface area contributed by atoms with E-state index in [0.717, 1.165) is 49.4 Å². The first-order chi connectivity index (χ1) is 14.1. The number of aromatic nitrogens is 5. The largest absolute Gasteiger partial charge is 0.471 e. The number of fused-ring (bicyclic) bond motifs is 4. The van der Waals surface area contributed by atoms with Crippen molar-refractivity contribution in [3.8, 4) is 5.88 Å². The molecule has 3 N–H and O–H groups in total. The van der Waals surface area contributed by atoms with E-state index in [0.29, 0.717) is 17.5 Å². The van der Waals surface area contributed by atoms with E-state index in [-0.39, 0.29) is 23.1 Å². The van der Waals surface area contributed by atoms with Gasteiger partial charge in [-0.15, -0.1) is 5.10 Å². The third-order valence-electron chi connectivity index (χ3n) is 5.48. The lowest BCUT2D eigenvalue weighted by Crippen LogP contribution is -2.52. The molecule has 0 unspecified atom stereocenters. The summed E-state index contributed by atoms with van der Waals surface area (Å²) in [6.07, 6.45) is 7.16. The summed E-state index contributed by atoms with van der Waals surface area (Å²) in [5, 5.41) is 6.67. The van der Waals surface area contributed by atoms with E-state index in [4.69, 9.17) is 10.5 Å². The molecule has 0 spiro atoms. The van der Waals surface area contributed by atoms with Gasteiger partial charge in [-0.05, 0) is 31.8 Å². The second kappa shape index (κ2) is 6.92. The summed E-state index contributed by atoms with van der Waals surface area (Å²) in [5.74, 6) is -0.409. The smallest absolute Gasteiger partial charge is 0.263 e. The number of anilines is 2. The Balaban J connectivity index is 1.40. The number of halogens is 1. The highest BCUT2D eigenvalue weighted by molar-refractivity contribution is 6.11. The van der Waals surface area contributed by atoms with Crippen LogP contribution < -0.4 is 15.8 Å². The summed E-state index contributed by atoms with van der Waals surface area (Å²) in [5.41, 5.74) is 6.39. The number of piperidine rings is 3. The highest BCUT2D eigenvalue weighted by Gasteiger charge is 2.36. The van der Waals surface area contributed by atoms with E-state index >= 15 is 0 Å². The van der Waals surface area contributed by atoms with E-state index in [1.54, 1.807) is 0 Å². The fourth-order valence-corrected chi connectivity index (χ4v) is 4.02. The Hall–Kier alpha value is -3.34. The third kappa shape index (κ3) is 3.23. The molecule has 0 aromatic carbocycles. The molecule has 10 nitrogen and oxygen atoms in total. The minimum Gasteiger partial charge on any atom is -0.471 e. The minimum atomic E-state index is -0.586. The van der Waals surface area contributed by atoms with Crippen molar-refractivity contribution in [3.05, 3.63) is 36.3 Å². The third-order valence-corrected chi connectivity index (χ3v) is 5.48. The van der Waals surface area contributed by atoms with Gasteiger partial charge in [-0.3, -0.25) is 9.69 Å². The standard InChI is InChI=1S/C18H19FN8O2/c19-11-5-22-16-14(15(20)25-27(16)7-11)17(28)24-12-6-21-9-23-18(12)29-13-8-26-3-1-10(13)2-4-26/h5-7,9-10,13H,1-4,8H2,(H2,20,25)(H,24,28)/t13-/m0/s1. The summed E-state index contributed by atoms with van der Waals surface area (Å²) in [4.78, 5) is 27.3. The van der Waals surface area contributed by atoms with Gasteiger partial charge in [-0.2, -0.15) is 4.98 Å². The zero-order valence-corrected chi connectivity index (χ0v) is 15.5. The van der Waals surface area contributed by atoms with E-state index < -0.39 is 11.7 Å². The van der Waals surface area contributed by atoms with Gasteiger partial charge in [0.25, 0.3) is 5.91 Å². The molecular weight excluding hydrogens is 379 g/mol. The first-order valence-corrected chi connectivity index (χ1v) is 9.38. The van der Waals surface area contributed by atoms with Crippen molar-refractivity contribution in [2.75, 3.05) is 30.7 Å². The summed E-state index contributed by atoms with van der Waals surface area (Å²) in [6, 6.07) is 0. The molecule has 6 rings (SSSR count). The lowest BCUT2D eigenvalue weighted by atomic mass is 9.86. The molecule has 29 heavy (non-hydrogen) atoms. The van der Waals surface area contributed by atoms with Gasteiger partial charge in [0.15, 0.2) is 17.3 Å². The molecule has 150 valence electrons. The lowest BCUT2D eigenvalue weighted by molar-refractivity contribution is -0.00962. The Morgan fingerprint density at radius 1 is 1.28 bits per heavy atom. The van der Waals surface area contributed by atoms with Crippen LogP contribution in [0.2, 0.25) is 0 Å². The Kier molecular flexibility index (Phi) is 4.23. The van der Waals surface area contributed by atoms with Crippen LogP contribution in [0.5, 0.6) is 5.88 Å². The number of carbonyl (C=O) groups excluding carboxylic acids is 1. The Morgan fingerprint density at radius 3 is 2.86 bits per heavy atom. The van der Waals surface area contributed by atoms with Gasteiger partial charge in [0, 0.05) is 6.54 Å². The van der Waals surface area contributed by atoms with Crippen molar-refractivity contribution in [1.82, 2.24) is 29.5 Å². The van der Waals surface area contributed by atoms with Crippen molar-refractivity contribution in [2.24, 2.45) is 5.92 Å². The first-order valence-electron chi connectivity index (χ1n) is 9.38. The maximum Gasteiger partial charge on any atom is 0.263 e. The molecule has 0 saturated carbocycles. The van der Waals surface area contributed by atoms with E-state index in [2.05, 4.69) is 30.3 Å². The number of amides is 1. The number of nitrogens with two attached hydrogens (primary N) is 1. The monoisotopic (exact) mass is 398 g/mol. The molecule has 2 bridgehead atoms. The molecule has 0 aliphatic carbocycles. The van der Waals surface area contributed by atoms with E-state index in [9.17, 15) is 9.18 Å². The zero-order chi connectivity index (χ0) is 20.0. The van der Waals surface area contributed by atoms with Crippen LogP contribution in [0.15, 0.2) is 24.9 Å². The molecule has 3 saturated heterocycles. The number of carbonyl (C=O) groups is 1. The topological polar surface area (TPSA) is 124 Å². The van der Waals surface area contributed by atoms with Gasteiger partial charge in [0.1, 0.15) is 23.7 Å². The lowest BCUT2D eigenvalue weighted by Gasteiger charge is -2.44. The quantitative estimate of drug-likeness (QED) is 0.666. The van der Waals surface area contributed by atoms with Crippen LogP contribution in [0.1, 0.15) is 23.2 Å². The number of ether oxygens (including phenoxy) is 1. The molecule has 3 aromatic heterocycles. The predicted molar refractivity (Wildman–Crippen MR) is 101 cm³/mol. The van der Waals surface area contributed by atoms with Crippen LogP contribution in [0.3, 0.4) is 0 Å². The summed E-state index contributed by atoms with van der Waals surface area (Å²) in [7, 11) is 0. The van der Waals surface area contributed by atoms with Crippen molar-refractivity contribution in [2.45, 2.75) is 18.9 Å². The second-order valence-electron chi connectivity index (χ2n) is 7.29. The van der Waals surface area contributed by atoms with Crippen LogP contribution in [0.4, 0.5) is 15.9 Å². The van der Waals surface area contributed by atoms with Crippen LogP contribution in [0.25, 0.3) is 5.65 Å². The molecule has 1 amide bonds. The fraction of sp³-hybridized carbons (Fsp3) is 0.389. The first kappa shape index (κ1) is 17.7. The molecular formula is C18H19FN8O2. The number of hydrogen-bond acceptors (Lipinski definition) is 8. The molecule has 3 fully saturated rings.